The van der Waals surface area contributed by atoms with E-state index in [2.05, 4.69) is 25.9 Å². The molecular weight excluding hydrogens is 244 g/mol. The molecule has 0 aliphatic carbocycles. The first-order chi connectivity index (χ1) is 6.81. The lowest BCUT2D eigenvalue weighted by molar-refractivity contribution is 0.111. The van der Waals surface area contributed by atoms with E-state index in [0.717, 1.165) is 15.7 Å². The van der Waals surface area contributed by atoms with Crippen LogP contribution >= 0.6 is 15.9 Å². The SMILES string of the molecule is O=Cc1ncc(-c2ccccc2Br)[nH]1. The van der Waals surface area contributed by atoms with Crippen molar-refractivity contribution in [3.05, 3.63) is 40.8 Å². The predicted molar refractivity (Wildman–Crippen MR) is 57.1 cm³/mol. The van der Waals surface area contributed by atoms with Gasteiger partial charge in [0.2, 0.25) is 0 Å². The van der Waals surface area contributed by atoms with Crippen LogP contribution in [0.5, 0.6) is 0 Å². The van der Waals surface area contributed by atoms with Gasteiger partial charge in [-0.1, -0.05) is 34.1 Å². The third-order valence-corrected chi connectivity index (χ3v) is 2.56. The Labute approximate surface area is 89.3 Å². The molecule has 0 saturated heterocycles. The minimum Gasteiger partial charge on any atom is -0.336 e. The molecule has 1 heterocycles. The zero-order valence-electron chi connectivity index (χ0n) is 7.20. The molecule has 3 nitrogen and oxygen atoms in total. The Hall–Kier alpha value is -1.42. The monoisotopic (exact) mass is 250 g/mol. The van der Waals surface area contributed by atoms with Gasteiger partial charge in [0, 0.05) is 10.0 Å². The predicted octanol–water partition coefficient (Wildman–Crippen LogP) is 2.65. The lowest BCUT2D eigenvalue weighted by Crippen LogP contribution is -1.82. The molecule has 0 saturated carbocycles. The molecule has 1 aromatic heterocycles. The number of imidazole rings is 1. The Bertz CT molecular complexity index is 465. The van der Waals surface area contributed by atoms with E-state index in [1.807, 2.05) is 24.3 Å². The Morgan fingerprint density at radius 2 is 2.14 bits per heavy atom. The van der Waals surface area contributed by atoms with Crippen LogP contribution in [0.3, 0.4) is 0 Å². The number of hydrogen-bond donors (Lipinski definition) is 1. The summed E-state index contributed by atoms with van der Waals surface area (Å²) in [5, 5.41) is 0. The molecular formula is C10H7BrN2O. The highest BCUT2D eigenvalue weighted by atomic mass is 79.9. The van der Waals surface area contributed by atoms with Gasteiger partial charge in [0.15, 0.2) is 12.1 Å². The zero-order valence-corrected chi connectivity index (χ0v) is 8.78. The number of nitrogens with zero attached hydrogens (tertiary/aromatic N) is 1. The molecule has 4 heteroatoms. The van der Waals surface area contributed by atoms with Gasteiger partial charge in [-0.25, -0.2) is 4.98 Å². The highest BCUT2D eigenvalue weighted by Crippen LogP contribution is 2.25. The van der Waals surface area contributed by atoms with Crippen LogP contribution in [-0.4, -0.2) is 16.3 Å². The summed E-state index contributed by atoms with van der Waals surface area (Å²) in [6, 6.07) is 7.76. The van der Waals surface area contributed by atoms with E-state index in [9.17, 15) is 4.79 Å². The number of rotatable bonds is 2. The minimum atomic E-state index is 0.343. The van der Waals surface area contributed by atoms with Crippen molar-refractivity contribution >= 4 is 22.2 Å². The first kappa shape index (κ1) is 9.15. The van der Waals surface area contributed by atoms with Crippen molar-refractivity contribution in [3.8, 4) is 11.3 Å². The molecule has 0 bridgehead atoms. The third-order valence-electron chi connectivity index (χ3n) is 1.87. The molecule has 0 radical (unpaired) electrons. The van der Waals surface area contributed by atoms with E-state index in [1.54, 1.807) is 6.20 Å². The number of H-pyrrole nitrogens is 1. The van der Waals surface area contributed by atoms with Crippen LogP contribution in [0.4, 0.5) is 0 Å². The number of aldehydes is 1. The molecule has 0 unspecified atom stereocenters. The van der Waals surface area contributed by atoms with E-state index in [-0.39, 0.29) is 0 Å². The number of hydrogen-bond acceptors (Lipinski definition) is 2. The van der Waals surface area contributed by atoms with Crippen LogP contribution in [0.2, 0.25) is 0 Å². The molecule has 0 aliphatic heterocycles. The van der Waals surface area contributed by atoms with E-state index >= 15 is 0 Å². The Kier molecular flexibility index (Phi) is 2.45. The van der Waals surface area contributed by atoms with Gasteiger partial charge >= 0.3 is 0 Å². The summed E-state index contributed by atoms with van der Waals surface area (Å²) in [6.45, 7) is 0. The quantitative estimate of drug-likeness (QED) is 0.834. The molecule has 1 aromatic carbocycles. The highest BCUT2D eigenvalue weighted by molar-refractivity contribution is 9.10. The molecule has 2 rings (SSSR count). The summed E-state index contributed by atoms with van der Waals surface area (Å²) in [7, 11) is 0. The summed E-state index contributed by atoms with van der Waals surface area (Å²) in [6.07, 6.45) is 2.34. The number of carbonyl (C=O) groups is 1. The van der Waals surface area contributed by atoms with Crippen molar-refractivity contribution in [2.75, 3.05) is 0 Å². The molecule has 14 heavy (non-hydrogen) atoms. The summed E-state index contributed by atoms with van der Waals surface area (Å²) >= 11 is 3.43. The average Bonchev–Trinajstić information content (AvgIpc) is 2.67. The van der Waals surface area contributed by atoms with Gasteiger partial charge in [0.25, 0.3) is 0 Å². The van der Waals surface area contributed by atoms with Crippen molar-refractivity contribution in [2.24, 2.45) is 0 Å². The van der Waals surface area contributed by atoms with Crippen molar-refractivity contribution in [1.29, 1.82) is 0 Å². The zero-order chi connectivity index (χ0) is 9.97. The largest absolute Gasteiger partial charge is 0.336 e. The van der Waals surface area contributed by atoms with Crippen LogP contribution in [-0.2, 0) is 0 Å². The first-order valence-corrected chi connectivity index (χ1v) is 4.85. The van der Waals surface area contributed by atoms with Crippen LogP contribution in [0.1, 0.15) is 10.6 Å². The van der Waals surface area contributed by atoms with Crippen molar-refractivity contribution < 1.29 is 4.79 Å². The van der Waals surface area contributed by atoms with Gasteiger partial charge in [0.1, 0.15) is 0 Å². The maximum Gasteiger partial charge on any atom is 0.185 e. The third kappa shape index (κ3) is 1.61. The van der Waals surface area contributed by atoms with Gasteiger partial charge in [-0.3, -0.25) is 4.79 Å². The number of carbonyl (C=O) groups excluding carboxylic acids is 1. The fourth-order valence-corrected chi connectivity index (χ4v) is 1.71. The van der Waals surface area contributed by atoms with E-state index in [0.29, 0.717) is 12.1 Å². The van der Waals surface area contributed by atoms with Crippen LogP contribution in [0.25, 0.3) is 11.3 Å². The Morgan fingerprint density at radius 1 is 1.36 bits per heavy atom. The molecule has 2 aromatic rings. The fraction of sp³-hybridized carbons (Fsp3) is 0. The highest BCUT2D eigenvalue weighted by Gasteiger charge is 2.04. The standard InChI is InChI=1S/C10H7BrN2O/c11-8-4-2-1-3-7(8)9-5-12-10(6-14)13-9/h1-6H,(H,12,13). The maximum atomic E-state index is 10.4. The maximum absolute atomic E-state index is 10.4. The molecule has 0 fully saturated rings. The van der Waals surface area contributed by atoms with E-state index in [4.69, 9.17) is 0 Å². The van der Waals surface area contributed by atoms with Gasteiger partial charge in [-0.15, -0.1) is 0 Å². The number of aromatic amines is 1. The molecule has 0 atom stereocenters. The summed E-state index contributed by atoms with van der Waals surface area (Å²) in [4.78, 5) is 17.2. The second-order valence-corrected chi connectivity index (χ2v) is 3.63. The molecule has 0 spiro atoms. The number of aromatic nitrogens is 2. The number of nitrogens with one attached hydrogen (secondary N) is 1. The van der Waals surface area contributed by atoms with E-state index < -0.39 is 0 Å². The van der Waals surface area contributed by atoms with Crippen LogP contribution in [0, 0.1) is 0 Å². The number of halogens is 1. The Morgan fingerprint density at radius 3 is 2.79 bits per heavy atom. The first-order valence-electron chi connectivity index (χ1n) is 4.06. The van der Waals surface area contributed by atoms with Crippen LogP contribution < -0.4 is 0 Å². The van der Waals surface area contributed by atoms with Crippen LogP contribution in [0.15, 0.2) is 34.9 Å². The molecule has 1 N–H and O–H groups in total. The van der Waals surface area contributed by atoms with E-state index in [1.165, 1.54) is 0 Å². The summed E-state index contributed by atoms with van der Waals surface area (Å²) in [5.74, 6) is 0.343. The summed E-state index contributed by atoms with van der Waals surface area (Å²) < 4.78 is 0.973. The smallest absolute Gasteiger partial charge is 0.185 e. The van der Waals surface area contributed by atoms with Gasteiger partial charge < -0.3 is 4.98 Å². The molecule has 70 valence electrons. The number of benzene rings is 1. The fourth-order valence-electron chi connectivity index (χ4n) is 1.21. The summed E-state index contributed by atoms with van der Waals surface area (Å²) in [5.41, 5.74) is 1.83. The topological polar surface area (TPSA) is 45.8 Å². The Balaban J connectivity index is 2.49. The lowest BCUT2D eigenvalue weighted by Gasteiger charge is -1.99. The average molecular weight is 251 g/mol. The van der Waals surface area contributed by atoms with Gasteiger partial charge in [-0.2, -0.15) is 0 Å². The normalized spacial score (nSPS) is 10.1. The van der Waals surface area contributed by atoms with Crippen molar-refractivity contribution in [1.82, 2.24) is 9.97 Å². The lowest BCUT2D eigenvalue weighted by atomic mass is 10.2. The second-order valence-electron chi connectivity index (χ2n) is 2.78. The molecule has 0 aliphatic rings. The second kappa shape index (κ2) is 3.75. The van der Waals surface area contributed by atoms with Gasteiger partial charge in [-0.05, 0) is 6.07 Å². The van der Waals surface area contributed by atoms with Crippen molar-refractivity contribution in [2.45, 2.75) is 0 Å². The minimum absolute atomic E-state index is 0.343. The molecule has 0 amide bonds. The van der Waals surface area contributed by atoms with Gasteiger partial charge in [0.05, 0.1) is 11.9 Å². The van der Waals surface area contributed by atoms with Crippen molar-refractivity contribution in [3.63, 3.8) is 0 Å².